The van der Waals surface area contributed by atoms with E-state index >= 15 is 0 Å². The lowest BCUT2D eigenvalue weighted by atomic mass is 9.91. The highest BCUT2D eigenvalue weighted by Crippen LogP contribution is 2.22. The van der Waals surface area contributed by atoms with E-state index in [1.165, 1.54) is 0 Å². The third-order valence-electron chi connectivity index (χ3n) is 4.36. The van der Waals surface area contributed by atoms with Gasteiger partial charge in [0.25, 0.3) is 5.91 Å². The Balaban J connectivity index is 1.76. The summed E-state index contributed by atoms with van der Waals surface area (Å²) in [7, 11) is -1.62. The number of hydrogen-bond donors (Lipinski definition) is 2. The number of carbonyl (C=O) groups excluding carboxylic acids is 1. The third kappa shape index (κ3) is 5.29. The van der Waals surface area contributed by atoms with Crippen molar-refractivity contribution in [3.05, 3.63) is 35.9 Å². The maximum Gasteiger partial charge on any atom is 0.252 e. The van der Waals surface area contributed by atoms with E-state index in [2.05, 4.69) is 10.6 Å². The summed E-state index contributed by atoms with van der Waals surface area (Å²) < 4.78 is 29.7. The molecule has 0 bridgehead atoms. The molecule has 1 amide bonds. The van der Waals surface area contributed by atoms with E-state index in [1.54, 1.807) is 19.2 Å². The molecule has 1 aromatic carbocycles. The van der Waals surface area contributed by atoms with Gasteiger partial charge in [0.2, 0.25) is 0 Å². The smallest absolute Gasteiger partial charge is 0.252 e. The lowest BCUT2D eigenvalue weighted by molar-refractivity contribution is -0.146. The van der Waals surface area contributed by atoms with Crippen LogP contribution in [0.5, 0.6) is 0 Å². The average molecular weight is 354 g/mol. The lowest BCUT2D eigenvalue weighted by Crippen LogP contribution is -2.54. The maximum absolute atomic E-state index is 12.4. The van der Waals surface area contributed by atoms with Gasteiger partial charge in [-0.25, -0.2) is 8.42 Å². The molecule has 0 spiro atoms. The van der Waals surface area contributed by atoms with Crippen LogP contribution in [0.25, 0.3) is 0 Å². The molecule has 7 heteroatoms. The zero-order valence-corrected chi connectivity index (χ0v) is 14.9. The van der Waals surface area contributed by atoms with Crippen molar-refractivity contribution in [2.45, 2.75) is 30.6 Å². The monoisotopic (exact) mass is 354 g/mol. The maximum atomic E-state index is 12.4. The molecular formula is C17H26N2O4S. The number of benzene rings is 1. The molecule has 6 nitrogen and oxygen atoms in total. The lowest BCUT2D eigenvalue weighted by Gasteiger charge is -2.34. The molecule has 134 valence electrons. The highest BCUT2D eigenvalue weighted by atomic mass is 32.2. The highest BCUT2D eigenvalue weighted by Gasteiger charge is 2.39. The Bertz CT molecular complexity index is 625. The van der Waals surface area contributed by atoms with Gasteiger partial charge in [-0.1, -0.05) is 30.3 Å². The van der Waals surface area contributed by atoms with Gasteiger partial charge in [0.05, 0.1) is 11.5 Å². The van der Waals surface area contributed by atoms with Crippen LogP contribution in [0.1, 0.15) is 24.8 Å². The van der Waals surface area contributed by atoms with Gasteiger partial charge in [0.1, 0.15) is 5.60 Å². The minimum atomic E-state index is -3.17. The second-order valence-corrected chi connectivity index (χ2v) is 8.32. The first-order valence-corrected chi connectivity index (χ1v) is 10.1. The molecule has 1 heterocycles. The van der Waals surface area contributed by atoms with Gasteiger partial charge in [-0.05, 0) is 37.9 Å². The minimum absolute atomic E-state index is 0.0372. The molecule has 1 fully saturated rings. The Hall–Kier alpha value is -1.44. The van der Waals surface area contributed by atoms with E-state index in [0.717, 1.165) is 18.7 Å². The van der Waals surface area contributed by atoms with E-state index in [0.29, 0.717) is 25.8 Å². The fourth-order valence-electron chi connectivity index (χ4n) is 2.91. The van der Waals surface area contributed by atoms with E-state index in [1.807, 2.05) is 18.2 Å². The SMILES string of the molecule is COC1(C(=O)NCCCS(=O)(=O)Cc2ccccc2)CCNCC1. The van der Waals surface area contributed by atoms with Crippen molar-refractivity contribution in [1.29, 1.82) is 0 Å². The predicted octanol–water partition coefficient (Wildman–Crippen LogP) is 0.876. The fraction of sp³-hybridized carbons (Fsp3) is 0.588. The minimum Gasteiger partial charge on any atom is -0.368 e. The molecule has 0 saturated carbocycles. The normalized spacial score (nSPS) is 17.4. The number of piperidine rings is 1. The highest BCUT2D eigenvalue weighted by molar-refractivity contribution is 7.90. The van der Waals surface area contributed by atoms with Gasteiger partial charge >= 0.3 is 0 Å². The predicted molar refractivity (Wildman–Crippen MR) is 93.4 cm³/mol. The van der Waals surface area contributed by atoms with Crippen molar-refractivity contribution >= 4 is 15.7 Å². The summed E-state index contributed by atoms with van der Waals surface area (Å²) in [4.78, 5) is 12.4. The van der Waals surface area contributed by atoms with Crippen molar-refractivity contribution < 1.29 is 17.9 Å². The van der Waals surface area contributed by atoms with Crippen LogP contribution < -0.4 is 10.6 Å². The Morgan fingerprint density at radius 1 is 1.25 bits per heavy atom. The van der Waals surface area contributed by atoms with Crippen LogP contribution in [-0.2, 0) is 25.1 Å². The van der Waals surface area contributed by atoms with Crippen molar-refractivity contribution in [1.82, 2.24) is 10.6 Å². The summed E-state index contributed by atoms with van der Waals surface area (Å²) in [5.74, 6) is -0.0499. The van der Waals surface area contributed by atoms with Crippen molar-refractivity contribution in [2.24, 2.45) is 0 Å². The fourth-order valence-corrected chi connectivity index (χ4v) is 4.34. The topological polar surface area (TPSA) is 84.5 Å². The average Bonchev–Trinajstić information content (AvgIpc) is 2.59. The van der Waals surface area contributed by atoms with Crippen LogP contribution >= 0.6 is 0 Å². The van der Waals surface area contributed by atoms with Crippen LogP contribution in [0.4, 0.5) is 0 Å². The number of hydrogen-bond acceptors (Lipinski definition) is 5. The summed E-state index contributed by atoms with van der Waals surface area (Å²) in [6, 6.07) is 9.12. The molecule has 0 atom stereocenters. The molecule has 2 rings (SSSR count). The Kier molecular flexibility index (Phi) is 6.77. The van der Waals surface area contributed by atoms with E-state index in [-0.39, 0.29) is 17.4 Å². The molecule has 1 aliphatic rings. The van der Waals surface area contributed by atoms with Gasteiger partial charge < -0.3 is 15.4 Å². The van der Waals surface area contributed by atoms with Crippen LogP contribution in [0.2, 0.25) is 0 Å². The summed E-state index contributed by atoms with van der Waals surface area (Å²) in [5, 5.41) is 6.02. The number of methoxy groups -OCH3 is 1. The first-order chi connectivity index (χ1) is 11.5. The summed E-state index contributed by atoms with van der Waals surface area (Å²) in [6.45, 7) is 1.82. The molecule has 1 saturated heterocycles. The van der Waals surface area contributed by atoms with Crippen molar-refractivity contribution in [3.8, 4) is 0 Å². The van der Waals surface area contributed by atoms with Crippen molar-refractivity contribution in [2.75, 3.05) is 32.5 Å². The summed E-state index contributed by atoms with van der Waals surface area (Å²) in [5.41, 5.74) is 0.00308. The molecule has 0 unspecified atom stereocenters. The molecule has 2 N–H and O–H groups in total. The number of ether oxygens (including phenoxy) is 1. The number of amides is 1. The first-order valence-electron chi connectivity index (χ1n) is 8.26. The third-order valence-corrected chi connectivity index (χ3v) is 6.05. The van der Waals surface area contributed by atoms with Gasteiger partial charge in [0, 0.05) is 13.7 Å². The number of sulfone groups is 1. The molecular weight excluding hydrogens is 328 g/mol. The van der Waals surface area contributed by atoms with Gasteiger partial charge in [-0.2, -0.15) is 0 Å². The molecule has 1 aliphatic heterocycles. The Morgan fingerprint density at radius 3 is 2.54 bits per heavy atom. The largest absolute Gasteiger partial charge is 0.368 e. The zero-order valence-electron chi connectivity index (χ0n) is 14.1. The van der Waals surface area contributed by atoms with E-state index in [9.17, 15) is 13.2 Å². The number of nitrogens with one attached hydrogen (secondary N) is 2. The van der Waals surface area contributed by atoms with Gasteiger partial charge in [0.15, 0.2) is 9.84 Å². The zero-order chi connectivity index (χ0) is 17.5. The molecule has 0 aliphatic carbocycles. The van der Waals surface area contributed by atoms with Gasteiger partial charge in [-0.3, -0.25) is 4.79 Å². The molecule has 0 radical (unpaired) electrons. The first kappa shape index (κ1) is 18.9. The second kappa shape index (κ2) is 8.60. The van der Waals surface area contributed by atoms with E-state index in [4.69, 9.17) is 4.74 Å². The number of carbonyl (C=O) groups is 1. The van der Waals surface area contributed by atoms with Crippen LogP contribution in [-0.4, -0.2) is 52.4 Å². The molecule has 24 heavy (non-hydrogen) atoms. The quantitative estimate of drug-likeness (QED) is 0.677. The molecule has 0 aromatic heterocycles. The van der Waals surface area contributed by atoms with Crippen LogP contribution in [0, 0.1) is 0 Å². The van der Waals surface area contributed by atoms with Crippen LogP contribution in [0.15, 0.2) is 30.3 Å². The Morgan fingerprint density at radius 2 is 1.92 bits per heavy atom. The van der Waals surface area contributed by atoms with Gasteiger partial charge in [-0.15, -0.1) is 0 Å². The second-order valence-electron chi connectivity index (χ2n) is 6.14. The van der Waals surface area contributed by atoms with Crippen LogP contribution in [0.3, 0.4) is 0 Å². The summed E-state index contributed by atoms with van der Waals surface area (Å²) >= 11 is 0. The Labute approximate surface area is 143 Å². The summed E-state index contributed by atoms with van der Waals surface area (Å²) in [6.07, 6.45) is 1.65. The molecule has 1 aromatic rings. The number of rotatable bonds is 8. The van der Waals surface area contributed by atoms with Crippen molar-refractivity contribution in [3.63, 3.8) is 0 Å². The standard InChI is InChI=1S/C17H26N2O4S/c1-23-17(8-11-18-12-9-17)16(20)19-10-5-13-24(21,22)14-15-6-3-2-4-7-15/h2-4,6-7,18H,5,8-14H2,1H3,(H,19,20). The van der Waals surface area contributed by atoms with E-state index < -0.39 is 15.4 Å².